The summed E-state index contributed by atoms with van der Waals surface area (Å²) < 4.78 is 0. The van der Waals surface area contributed by atoms with Crippen molar-refractivity contribution >= 4 is 23.2 Å². The average molecular weight is 364 g/mol. The molecule has 0 unspecified atom stereocenters. The molecule has 1 heterocycles. The molecule has 2 aromatic carbocycles. The molecule has 1 atom stereocenters. The Kier molecular flexibility index (Phi) is 5.64. The van der Waals surface area contributed by atoms with Gasteiger partial charge >= 0.3 is 0 Å². The van der Waals surface area contributed by atoms with E-state index in [9.17, 15) is 9.59 Å². The molecule has 0 saturated carbocycles. The molecule has 4 nitrogen and oxygen atoms in total. The third kappa shape index (κ3) is 3.90. The lowest BCUT2D eigenvalue weighted by molar-refractivity contribution is -0.122. The van der Waals surface area contributed by atoms with Gasteiger partial charge in [-0.15, -0.1) is 0 Å². The fourth-order valence-electron chi connectivity index (χ4n) is 3.72. The molecule has 2 amide bonds. The van der Waals surface area contributed by atoms with Crippen LogP contribution in [0, 0.1) is 19.8 Å². The van der Waals surface area contributed by atoms with Crippen LogP contribution in [0.4, 0.5) is 11.4 Å². The zero-order valence-corrected chi connectivity index (χ0v) is 16.6. The smallest absolute Gasteiger partial charge is 0.229 e. The summed E-state index contributed by atoms with van der Waals surface area (Å²) in [6, 6.07) is 12.1. The Hall–Kier alpha value is -2.62. The molecule has 0 spiro atoms. The number of carbonyl (C=O) groups excluding carboxylic acids is 2. The highest BCUT2D eigenvalue weighted by atomic mass is 16.2. The van der Waals surface area contributed by atoms with Gasteiger partial charge in [0.2, 0.25) is 11.8 Å². The zero-order valence-electron chi connectivity index (χ0n) is 16.6. The maximum atomic E-state index is 12.8. The predicted octanol–water partition coefficient (Wildman–Crippen LogP) is 4.42. The first-order valence-corrected chi connectivity index (χ1v) is 9.73. The number of amides is 2. The van der Waals surface area contributed by atoms with Crippen LogP contribution in [0.25, 0.3) is 0 Å². The summed E-state index contributed by atoms with van der Waals surface area (Å²) in [5, 5.41) is 2.98. The van der Waals surface area contributed by atoms with Crippen molar-refractivity contribution in [3.8, 4) is 0 Å². The van der Waals surface area contributed by atoms with Crippen molar-refractivity contribution in [2.75, 3.05) is 16.8 Å². The largest absolute Gasteiger partial charge is 0.326 e. The molecular weight excluding hydrogens is 336 g/mol. The monoisotopic (exact) mass is 364 g/mol. The predicted molar refractivity (Wildman–Crippen MR) is 110 cm³/mol. The molecule has 2 aromatic rings. The zero-order chi connectivity index (χ0) is 19.6. The first-order valence-electron chi connectivity index (χ1n) is 9.73. The van der Waals surface area contributed by atoms with Gasteiger partial charge in [0.15, 0.2) is 0 Å². The van der Waals surface area contributed by atoms with Crippen molar-refractivity contribution in [2.24, 2.45) is 5.92 Å². The van der Waals surface area contributed by atoms with Crippen LogP contribution in [-0.2, 0) is 22.4 Å². The van der Waals surface area contributed by atoms with Crippen LogP contribution in [0.5, 0.6) is 0 Å². The van der Waals surface area contributed by atoms with Crippen LogP contribution in [0.15, 0.2) is 36.4 Å². The number of hydrogen-bond donors (Lipinski definition) is 1. The number of hydrogen-bond acceptors (Lipinski definition) is 2. The van der Waals surface area contributed by atoms with Crippen molar-refractivity contribution < 1.29 is 9.59 Å². The van der Waals surface area contributed by atoms with Crippen LogP contribution >= 0.6 is 0 Å². The number of nitrogens with one attached hydrogen (secondary N) is 1. The molecule has 0 aliphatic carbocycles. The molecule has 1 saturated heterocycles. The number of carbonyl (C=O) groups is 2. The van der Waals surface area contributed by atoms with Crippen molar-refractivity contribution in [3.63, 3.8) is 0 Å². The second-order valence-electron chi connectivity index (χ2n) is 7.33. The van der Waals surface area contributed by atoms with Crippen molar-refractivity contribution in [1.29, 1.82) is 0 Å². The van der Waals surface area contributed by atoms with E-state index in [0.717, 1.165) is 40.9 Å². The number of rotatable bonds is 5. The second-order valence-corrected chi connectivity index (χ2v) is 7.33. The molecule has 0 aromatic heterocycles. The number of nitrogens with zero attached hydrogens (tertiary/aromatic N) is 1. The molecule has 1 fully saturated rings. The summed E-state index contributed by atoms with van der Waals surface area (Å²) in [6.45, 7) is 8.72. The van der Waals surface area contributed by atoms with Gasteiger partial charge in [-0.25, -0.2) is 0 Å². The van der Waals surface area contributed by atoms with Crippen molar-refractivity contribution in [1.82, 2.24) is 0 Å². The van der Waals surface area contributed by atoms with Gasteiger partial charge in [0.05, 0.1) is 5.92 Å². The van der Waals surface area contributed by atoms with E-state index in [2.05, 4.69) is 31.3 Å². The second kappa shape index (κ2) is 7.95. The SMILES string of the molecule is CCc1cccc(CC)c1N1C[C@H](C(=O)Nc2ccc(C)c(C)c2)CC1=O. The first-order chi connectivity index (χ1) is 12.9. The maximum Gasteiger partial charge on any atom is 0.229 e. The number of anilines is 2. The third-order valence-electron chi connectivity index (χ3n) is 5.51. The molecule has 142 valence electrons. The Labute approximate surface area is 161 Å². The number of para-hydroxylation sites is 1. The van der Waals surface area contributed by atoms with Gasteiger partial charge < -0.3 is 10.2 Å². The normalized spacial score (nSPS) is 16.7. The fraction of sp³-hybridized carbons (Fsp3) is 0.391. The van der Waals surface area contributed by atoms with E-state index in [1.165, 1.54) is 5.56 Å². The van der Waals surface area contributed by atoms with E-state index in [0.29, 0.717) is 6.54 Å². The molecule has 3 rings (SSSR count). The highest BCUT2D eigenvalue weighted by Gasteiger charge is 2.36. The summed E-state index contributed by atoms with van der Waals surface area (Å²) in [5.74, 6) is -0.374. The van der Waals surface area contributed by atoms with E-state index >= 15 is 0 Å². The van der Waals surface area contributed by atoms with E-state index in [1.807, 2.05) is 43.0 Å². The fourth-order valence-corrected chi connectivity index (χ4v) is 3.72. The molecule has 0 bridgehead atoms. The van der Waals surface area contributed by atoms with Gasteiger partial charge in [-0.3, -0.25) is 9.59 Å². The molecule has 1 aliphatic rings. The van der Waals surface area contributed by atoms with Crippen LogP contribution in [0.3, 0.4) is 0 Å². The summed E-state index contributed by atoms with van der Waals surface area (Å²) >= 11 is 0. The highest BCUT2D eigenvalue weighted by molar-refractivity contribution is 6.04. The molecule has 27 heavy (non-hydrogen) atoms. The standard InChI is InChI=1S/C23H28N2O2/c1-5-17-8-7-9-18(6-2)22(17)25-14-19(13-21(25)26)23(27)24-20-11-10-15(3)16(4)12-20/h7-12,19H,5-6,13-14H2,1-4H3,(H,24,27)/t19-/m1/s1. The van der Waals surface area contributed by atoms with E-state index in [4.69, 9.17) is 0 Å². The Bertz CT molecular complexity index is 850. The van der Waals surface area contributed by atoms with Crippen LogP contribution in [0.2, 0.25) is 0 Å². The van der Waals surface area contributed by atoms with E-state index in [1.54, 1.807) is 0 Å². The Morgan fingerprint density at radius 1 is 1.07 bits per heavy atom. The van der Waals surface area contributed by atoms with Gasteiger partial charge in [0, 0.05) is 24.3 Å². The molecule has 4 heteroatoms. The summed E-state index contributed by atoms with van der Waals surface area (Å²) in [7, 11) is 0. The van der Waals surface area contributed by atoms with Crippen LogP contribution in [-0.4, -0.2) is 18.4 Å². The first kappa shape index (κ1) is 19.2. The number of aryl methyl sites for hydroxylation is 4. The summed E-state index contributed by atoms with van der Waals surface area (Å²) in [5.41, 5.74) is 6.46. The Morgan fingerprint density at radius 3 is 2.33 bits per heavy atom. The lowest BCUT2D eigenvalue weighted by atomic mass is 10.0. The Morgan fingerprint density at radius 2 is 1.74 bits per heavy atom. The average Bonchev–Trinajstić information content (AvgIpc) is 3.05. The minimum Gasteiger partial charge on any atom is -0.326 e. The minimum atomic E-state index is -0.325. The van der Waals surface area contributed by atoms with Gasteiger partial charge in [-0.2, -0.15) is 0 Å². The molecule has 1 N–H and O–H groups in total. The molecular formula is C23H28N2O2. The number of benzene rings is 2. The van der Waals surface area contributed by atoms with Crippen molar-refractivity contribution in [3.05, 3.63) is 58.7 Å². The van der Waals surface area contributed by atoms with Gasteiger partial charge in [-0.1, -0.05) is 38.1 Å². The van der Waals surface area contributed by atoms with Crippen molar-refractivity contribution in [2.45, 2.75) is 47.0 Å². The minimum absolute atomic E-state index is 0.0332. The van der Waals surface area contributed by atoms with Crippen LogP contribution in [0.1, 0.15) is 42.5 Å². The Balaban J connectivity index is 1.79. The molecule has 0 radical (unpaired) electrons. The van der Waals surface area contributed by atoms with Crippen LogP contribution < -0.4 is 10.2 Å². The quantitative estimate of drug-likeness (QED) is 0.854. The third-order valence-corrected chi connectivity index (χ3v) is 5.51. The highest BCUT2D eigenvalue weighted by Crippen LogP contribution is 2.32. The topological polar surface area (TPSA) is 49.4 Å². The lowest BCUT2D eigenvalue weighted by Crippen LogP contribution is -2.29. The van der Waals surface area contributed by atoms with E-state index in [-0.39, 0.29) is 24.2 Å². The summed E-state index contributed by atoms with van der Waals surface area (Å²) in [6.07, 6.45) is 2.00. The summed E-state index contributed by atoms with van der Waals surface area (Å²) in [4.78, 5) is 27.3. The van der Waals surface area contributed by atoms with Gasteiger partial charge in [-0.05, 0) is 61.1 Å². The molecule has 1 aliphatic heterocycles. The van der Waals surface area contributed by atoms with Gasteiger partial charge in [0.25, 0.3) is 0 Å². The maximum absolute atomic E-state index is 12.8. The van der Waals surface area contributed by atoms with E-state index < -0.39 is 0 Å². The van der Waals surface area contributed by atoms with Gasteiger partial charge in [0.1, 0.15) is 0 Å². The lowest BCUT2D eigenvalue weighted by Gasteiger charge is -2.23.